The van der Waals surface area contributed by atoms with Crippen LogP contribution in [0.5, 0.6) is 0 Å². The molecule has 0 aliphatic heterocycles. The van der Waals surface area contributed by atoms with Gasteiger partial charge in [0, 0.05) is 6.04 Å². The van der Waals surface area contributed by atoms with E-state index in [9.17, 15) is 4.79 Å². The molecule has 1 aromatic rings. The lowest BCUT2D eigenvalue weighted by Crippen LogP contribution is -2.39. The van der Waals surface area contributed by atoms with E-state index in [1.54, 1.807) is 0 Å². The first-order valence-electron chi connectivity index (χ1n) is 7.74. The van der Waals surface area contributed by atoms with Gasteiger partial charge in [-0.25, -0.2) is 0 Å². The van der Waals surface area contributed by atoms with Gasteiger partial charge in [0.25, 0.3) is 0 Å². The lowest BCUT2D eigenvalue weighted by Gasteiger charge is -2.30. The normalized spacial score (nSPS) is 16.2. The summed E-state index contributed by atoms with van der Waals surface area (Å²) in [7, 11) is 2.04. The Morgan fingerprint density at radius 1 is 1.29 bits per heavy atom. The van der Waals surface area contributed by atoms with Crippen LogP contribution in [0.25, 0.3) is 0 Å². The fourth-order valence-electron chi connectivity index (χ4n) is 3.13. The molecule has 1 N–H and O–H groups in total. The SMILES string of the molecule is Cc1cc(C)c(NC(=O)CN(C)C2CCCCC2)c(Cl)c1. The highest BCUT2D eigenvalue weighted by atomic mass is 35.5. The summed E-state index contributed by atoms with van der Waals surface area (Å²) < 4.78 is 0. The van der Waals surface area contributed by atoms with Crippen LogP contribution in [0.4, 0.5) is 5.69 Å². The maximum absolute atomic E-state index is 12.2. The van der Waals surface area contributed by atoms with Gasteiger partial charge in [0.2, 0.25) is 5.91 Å². The number of anilines is 1. The zero-order valence-electron chi connectivity index (χ0n) is 13.2. The summed E-state index contributed by atoms with van der Waals surface area (Å²) in [5.41, 5.74) is 2.85. The highest BCUT2D eigenvalue weighted by Crippen LogP contribution is 2.27. The number of hydrogen-bond acceptors (Lipinski definition) is 2. The Morgan fingerprint density at radius 2 is 1.95 bits per heavy atom. The zero-order valence-corrected chi connectivity index (χ0v) is 14.0. The number of carbonyl (C=O) groups is 1. The third kappa shape index (κ3) is 4.45. The number of rotatable bonds is 4. The minimum Gasteiger partial charge on any atom is -0.323 e. The van der Waals surface area contributed by atoms with Gasteiger partial charge in [-0.3, -0.25) is 9.69 Å². The monoisotopic (exact) mass is 308 g/mol. The maximum Gasteiger partial charge on any atom is 0.238 e. The van der Waals surface area contributed by atoms with E-state index in [4.69, 9.17) is 11.6 Å². The molecule has 1 aromatic carbocycles. The van der Waals surface area contributed by atoms with E-state index >= 15 is 0 Å². The van der Waals surface area contributed by atoms with Crippen LogP contribution < -0.4 is 5.32 Å². The molecule has 1 saturated carbocycles. The average Bonchev–Trinajstić information content (AvgIpc) is 2.43. The van der Waals surface area contributed by atoms with Gasteiger partial charge in [0.05, 0.1) is 17.3 Å². The highest BCUT2D eigenvalue weighted by molar-refractivity contribution is 6.34. The third-order valence-electron chi connectivity index (χ3n) is 4.29. The van der Waals surface area contributed by atoms with E-state index in [1.807, 2.05) is 33.0 Å². The van der Waals surface area contributed by atoms with Crippen molar-refractivity contribution in [2.45, 2.75) is 52.0 Å². The first-order chi connectivity index (χ1) is 9.97. The molecule has 4 heteroatoms. The molecule has 1 aliphatic rings. The summed E-state index contributed by atoms with van der Waals surface area (Å²) >= 11 is 6.24. The van der Waals surface area contributed by atoms with Crippen LogP contribution in [0.1, 0.15) is 43.2 Å². The second-order valence-corrected chi connectivity index (χ2v) is 6.60. The molecular weight excluding hydrogens is 284 g/mol. The minimum absolute atomic E-state index is 0.0110. The van der Waals surface area contributed by atoms with E-state index in [-0.39, 0.29) is 5.91 Å². The number of nitrogens with zero attached hydrogens (tertiary/aromatic N) is 1. The number of benzene rings is 1. The number of likely N-dealkylation sites (N-methyl/N-ethyl adjacent to an activating group) is 1. The van der Waals surface area contributed by atoms with Crippen molar-refractivity contribution < 1.29 is 4.79 Å². The van der Waals surface area contributed by atoms with Gasteiger partial charge in [0.15, 0.2) is 0 Å². The van der Waals surface area contributed by atoms with Gasteiger partial charge < -0.3 is 5.32 Å². The van der Waals surface area contributed by atoms with E-state index in [0.717, 1.165) is 16.8 Å². The van der Waals surface area contributed by atoms with Crippen molar-refractivity contribution in [3.8, 4) is 0 Å². The molecule has 1 aliphatic carbocycles. The van der Waals surface area contributed by atoms with Crippen molar-refractivity contribution in [2.24, 2.45) is 0 Å². The maximum atomic E-state index is 12.2. The Kier molecular flexibility index (Phi) is 5.65. The van der Waals surface area contributed by atoms with Gasteiger partial charge >= 0.3 is 0 Å². The molecule has 0 spiro atoms. The third-order valence-corrected chi connectivity index (χ3v) is 4.59. The molecule has 0 radical (unpaired) electrons. The Balaban J connectivity index is 1.95. The predicted molar refractivity (Wildman–Crippen MR) is 89.1 cm³/mol. The van der Waals surface area contributed by atoms with E-state index in [0.29, 0.717) is 17.6 Å². The minimum atomic E-state index is 0.0110. The highest BCUT2D eigenvalue weighted by Gasteiger charge is 2.20. The summed E-state index contributed by atoms with van der Waals surface area (Å²) in [4.78, 5) is 14.4. The zero-order chi connectivity index (χ0) is 15.4. The fraction of sp³-hybridized carbons (Fsp3) is 0.588. The second kappa shape index (κ2) is 7.28. The van der Waals surface area contributed by atoms with Gasteiger partial charge in [0.1, 0.15) is 0 Å². The molecule has 3 nitrogen and oxygen atoms in total. The Bertz CT molecular complexity index is 487. The van der Waals surface area contributed by atoms with Crippen molar-refractivity contribution in [2.75, 3.05) is 18.9 Å². The van der Waals surface area contributed by atoms with Crippen LogP contribution in [-0.4, -0.2) is 30.4 Å². The largest absolute Gasteiger partial charge is 0.323 e. The number of nitrogens with one attached hydrogen (secondary N) is 1. The first-order valence-corrected chi connectivity index (χ1v) is 8.12. The molecule has 116 valence electrons. The fourth-order valence-corrected chi connectivity index (χ4v) is 3.50. The summed E-state index contributed by atoms with van der Waals surface area (Å²) in [6.45, 7) is 4.40. The summed E-state index contributed by atoms with van der Waals surface area (Å²) in [6.07, 6.45) is 6.29. The second-order valence-electron chi connectivity index (χ2n) is 6.19. The van der Waals surface area contributed by atoms with Crippen molar-refractivity contribution in [3.05, 3.63) is 28.3 Å². The van der Waals surface area contributed by atoms with E-state index in [2.05, 4.69) is 10.2 Å². The number of carbonyl (C=O) groups excluding carboxylic acids is 1. The molecule has 0 bridgehead atoms. The van der Waals surface area contributed by atoms with E-state index in [1.165, 1.54) is 32.1 Å². The lowest BCUT2D eigenvalue weighted by atomic mass is 9.94. The van der Waals surface area contributed by atoms with Gasteiger partial charge in [-0.2, -0.15) is 0 Å². The van der Waals surface area contributed by atoms with Crippen molar-refractivity contribution >= 4 is 23.2 Å². The molecule has 0 aromatic heterocycles. The molecule has 0 unspecified atom stereocenters. The summed E-state index contributed by atoms with van der Waals surface area (Å²) in [6, 6.07) is 4.46. The van der Waals surface area contributed by atoms with Gasteiger partial charge in [-0.15, -0.1) is 0 Å². The van der Waals surface area contributed by atoms with Crippen molar-refractivity contribution in [1.82, 2.24) is 4.90 Å². The quantitative estimate of drug-likeness (QED) is 0.906. The topological polar surface area (TPSA) is 32.3 Å². The van der Waals surface area contributed by atoms with Gasteiger partial charge in [-0.05, 0) is 50.9 Å². The number of hydrogen-bond donors (Lipinski definition) is 1. The molecule has 2 rings (SSSR count). The average molecular weight is 309 g/mol. The summed E-state index contributed by atoms with van der Waals surface area (Å²) in [5.74, 6) is 0.0110. The van der Waals surface area contributed by atoms with E-state index < -0.39 is 0 Å². The number of aryl methyl sites for hydroxylation is 2. The van der Waals surface area contributed by atoms with Gasteiger partial charge in [-0.1, -0.05) is 36.9 Å². The smallest absolute Gasteiger partial charge is 0.238 e. The standard InChI is InChI=1S/C17H25ClN2O/c1-12-9-13(2)17(15(18)10-12)19-16(21)11-20(3)14-7-5-4-6-8-14/h9-10,14H,4-8,11H2,1-3H3,(H,19,21). The number of amides is 1. The summed E-state index contributed by atoms with van der Waals surface area (Å²) in [5, 5.41) is 3.58. The Hall–Kier alpha value is -1.06. The van der Waals surface area contributed by atoms with Crippen molar-refractivity contribution in [1.29, 1.82) is 0 Å². The molecule has 0 saturated heterocycles. The lowest BCUT2D eigenvalue weighted by molar-refractivity contribution is -0.117. The Morgan fingerprint density at radius 3 is 2.57 bits per heavy atom. The number of halogens is 1. The van der Waals surface area contributed by atoms with Crippen LogP contribution >= 0.6 is 11.6 Å². The van der Waals surface area contributed by atoms with Crippen LogP contribution in [0, 0.1) is 13.8 Å². The van der Waals surface area contributed by atoms with Crippen LogP contribution in [0.2, 0.25) is 5.02 Å². The van der Waals surface area contributed by atoms with Crippen LogP contribution in [0.3, 0.4) is 0 Å². The molecule has 21 heavy (non-hydrogen) atoms. The first kappa shape index (κ1) is 16.3. The van der Waals surface area contributed by atoms with Crippen LogP contribution in [0.15, 0.2) is 12.1 Å². The molecule has 0 atom stereocenters. The molecular formula is C17H25ClN2O. The molecule has 0 heterocycles. The molecule has 1 amide bonds. The predicted octanol–water partition coefficient (Wildman–Crippen LogP) is 4.16. The van der Waals surface area contributed by atoms with Crippen molar-refractivity contribution in [3.63, 3.8) is 0 Å². The molecule has 1 fully saturated rings. The van der Waals surface area contributed by atoms with Crippen LogP contribution in [-0.2, 0) is 4.79 Å². The Labute approximate surface area is 132 Å².